The van der Waals surface area contributed by atoms with Gasteiger partial charge in [0.1, 0.15) is 0 Å². The van der Waals surface area contributed by atoms with Crippen LogP contribution >= 0.6 is 0 Å². The van der Waals surface area contributed by atoms with E-state index in [1.807, 2.05) is 38.1 Å². The fourth-order valence-corrected chi connectivity index (χ4v) is 1.83. The van der Waals surface area contributed by atoms with Crippen LogP contribution in [0.1, 0.15) is 23.0 Å². The molecule has 2 aromatic heterocycles. The number of rotatable bonds is 3. The first-order valence-electron chi connectivity index (χ1n) is 5.30. The molecule has 0 aliphatic carbocycles. The molecule has 0 bridgehead atoms. The molecule has 0 radical (unpaired) electrons. The molecule has 2 rings (SSSR count). The van der Waals surface area contributed by atoms with Crippen LogP contribution in [0.5, 0.6) is 0 Å². The van der Waals surface area contributed by atoms with Gasteiger partial charge in [0.15, 0.2) is 0 Å². The lowest BCUT2D eigenvalue weighted by Crippen LogP contribution is -2.14. The highest BCUT2D eigenvalue weighted by Crippen LogP contribution is 2.15. The lowest BCUT2D eigenvalue weighted by Gasteiger charge is -2.09. The summed E-state index contributed by atoms with van der Waals surface area (Å²) in [6, 6.07) is 2.04. The van der Waals surface area contributed by atoms with Crippen LogP contribution < -0.4 is 5.73 Å². The maximum absolute atomic E-state index is 6.12. The molecule has 0 spiro atoms. The van der Waals surface area contributed by atoms with E-state index in [0.29, 0.717) is 0 Å². The van der Waals surface area contributed by atoms with E-state index in [1.54, 1.807) is 4.68 Å². The first kappa shape index (κ1) is 10.9. The van der Waals surface area contributed by atoms with E-state index in [2.05, 4.69) is 16.3 Å². The Balaban J connectivity index is 2.13. The zero-order valence-electron chi connectivity index (χ0n) is 9.88. The van der Waals surface area contributed by atoms with Gasteiger partial charge >= 0.3 is 0 Å². The summed E-state index contributed by atoms with van der Waals surface area (Å²) < 4.78 is 3.65. The molecule has 0 aliphatic heterocycles. The fourth-order valence-electron chi connectivity index (χ4n) is 1.83. The van der Waals surface area contributed by atoms with Crippen LogP contribution in [0.4, 0.5) is 0 Å². The number of aromatic nitrogens is 4. The van der Waals surface area contributed by atoms with E-state index >= 15 is 0 Å². The summed E-state index contributed by atoms with van der Waals surface area (Å²) in [5.41, 5.74) is 9.35. The van der Waals surface area contributed by atoms with Gasteiger partial charge in [-0.25, -0.2) is 0 Å². The van der Waals surface area contributed by atoms with E-state index in [9.17, 15) is 0 Å². The molecule has 2 N–H and O–H groups in total. The number of aryl methyl sites for hydroxylation is 3. The van der Waals surface area contributed by atoms with Crippen molar-refractivity contribution in [3.05, 3.63) is 35.4 Å². The molecular formula is C11H17N5. The van der Waals surface area contributed by atoms with Crippen molar-refractivity contribution in [1.82, 2.24) is 19.6 Å². The van der Waals surface area contributed by atoms with Crippen molar-refractivity contribution in [2.45, 2.75) is 19.4 Å². The standard InChI is InChI=1S/C11H17N5/c1-8-4-10(16(3)14-8)5-11(12)9-6-13-15(2)7-9/h4,6-7,11H,5,12H2,1-3H3. The maximum Gasteiger partial charge on any atom is 0.0596 e. The summed E-state index contributed by atoms with van der Waals surface area (Å²) in [7, 11) is 3.84. The van der Waals surface area contributed by atoms with Crippen molar-refractivity contribution in [1.29, 1.82) is 0 Å². The fraction of sp³-hybridized carbons (Fsp3) is 0.455. The van der Waals surface area contributed by atoms with Gasteiger partial charge in [0.25, 0.3) is 0 Å². The lowest BCUT2D eigenvalue weighted by atomic mass is 10.1. The van der Waals surface area contributed by atoms with Gasteiger partial charge in [-0.15, -0.1) is 0 Å². The third kappa shape index (κ3) is 2.14. The highest BCUT2D eigenvalue weighted by atomic mass is 15.3. The second-order valence-electron chi connectivity index (χ2n) is 4.16. The third-order valence-corrected chi connectivity index (χ3v) is 2.68. The van der Waals surface area contributed by atoms with Gasteiger partial charge in [-0.3, -0.25) is 9.36 Å². The molecule has 1 atom stereocenters. The molecule has 1 unspecified atom stereocenters. The summed E-state index contributed by atoms with van der Waals surface area (Å²) in [6.07, 6.45) is 4.55. The molecule has 0 aliphatic rings. The lowest BCUT2D eigenvalue weighted by molar-refractivity contribution is 0.639. The van der Waals surface area contributed by atoms with Crippen molar-refractivity contribution in [2.75, 3.05) is 0 Å². The summed E-state index contributed by atoms with van der Waals surface area (Å²) in [5.74, 6) is 0. The molecule has 0 saturated carbocycles. The largest absolute Gasteiger partial charge is 0.324 e. The Morgan fingerprint density at radius 3 is 2.69 bits per heavy atom. The van der Waals surface area contributed by atoms with Crippen LogP contribution in [-0.4, -0.2) is 19.6 Å². The number of hydrogen-bond donors (Lipinski definition) is 1. The molecule has 0 saturated heterocycles. The zero-order valence-corrected chi connectivity index (χ0v) is 9.88. The number of nitrogens with zero attached hydrogens (tertiary/aromatic N) is 4. The first-order valence-corrected chi connectivity index (χ1v) is 5.30. The SMILES string of the molecule is Cc1cc(CC(N)c2cnn(C)c2)n(C)n1. The number of hydrogen-bond acceptors (Lipinski definition) is 3. The topological polar surface area (TPSA) is 61.7 Å². The van der Waals surface area contributed by atoms with Gasteiger partial charge in [0, 0.05) is 44.0 Å². The van der Waals surface area contributed by atoms with E-state index in [4.69, 9.17) is 5.73 Å². The first-order chi connectivity index (χ1) is 7.56. The van der Waals surface area contributed by atoms with Crippen molar-refractivity contribution < 1.29 is 0 Å². The van der Waals surface area contributed by atoms with Gasteiger partial charge in [0.05, 0.1) is 11.9 Å². The van der Waals surface area contributed by atoms with Crippen molar-refractivity contribution in [2.24, 2.45) is 19.8 Å². The van der Waals surface area contributed by atoms with Crippen LogP contribution in [0, 0.1) is 6.92 Å². The normalized spacial score (nSPS) is 13.0. The average Bonchev–Trinajstić information content (AvgIpc) is 2.74. The molecule has 0 fully saturated rings. The molecule has 86 valence electrons. The zero-order chi connectivity index (χ0) is 11.7. The van der Waals surface area contributed by atoms with E-state index in [0.717, 1.165) is 23.4 Å². The minimum absolute atomic E-state index is 0.0245. The van der Waals surface area contributed by atoms with E-state index in [-0.39, 0.29) is 6.04 Å². The van der Waals surface area contributed by atoms with Gasteiger partial charge in [-0.2, -0.15) is 10.2 Å². The Labute approximate surface area is 94.9 Å². The summed E-state index contributed by atoms with van der Waals surface area (Å²) >= 11 is 0. The van der Waals surface area contributed by atoms with Crippen LogP contribution in [0.3, 0.4) is 0 Å². The van der Waals surface area contributed by atoms with Crippen molar-refractivity contribution in [3.8, 4) is 0 Å². The van der Waals surface area contributed by atoms with Gasteiger partial charge < -0.3 is 5.73 Å². The summed E-state index contributed by atoms with van der Waals surface area (Å²) in [5, 5.41) is 8.42. The predicted molar refractivity (Wildman–Crippen MR) is 61.8 cm³/mol. The molecule has 2 aromatic rings. The Morgan fingerprint density at radius 2 is 2.19 bits per heavy atom. The molecular weight excluding hydrogens is 202 g/mol. The second kappa shape index (κ2) is 4.09. The molecule has 0 aromatic carbocycles. The van der Waals surface area contributed by atoms with Crippen LogP contribution in [-0.2, 0) is 20.5 Å². The van der Waals surface area contributed by atoms with Crippen molar-refractivity contribution >= 4 is 0 Å². The van der Waals surface area contributed by atoms with Crippen LogP contribution in [0.25, 0.3) is 0 Å². The summed E-state index contributed by atoms with van der Waals surface area (Å²) in [6.45, 7) is 1.99. The van der Waals surface area contributed by atoms with Crippen molar-refractivity contribution in [3.63, 3.8) is 0 Å². The minimum Gasteiger partial charge on any atom is -0.324 e. The minimum atomic E-state index is -0.0245. The van der Waals surface area contributed by atoms with Crippen LogP contribution in [0.2, 0.25) is 0 Å². The number of nitrogens with two attached hydrogens (primary N) is 1. The quantitative estimate of drug-likeness (QED) is 0.826. The van der Waals surface area contributed by atoms with Gasteiger partial charge in [0.2, 0.25) is 0 Å². The van der Waals surface area contributed by atoms with E-state index < -0.39 is 0 Å². The predicted octanol–water partition coefficient (Wildman–Crippen LogP) is 0.705. The van der Waals surface area contributed by atoms with Gasteiger partial charge in [-0.05, 0) is 13.0 Å². The van der Waals surface area contributed by atoms with Gasteiger partial charge in [-0.1, -0.05) is 0 Å². The maximum atomic E-state index is 6.12. The Kier molecular flexibility index (Phi) is 2.78. The second-order valence-corrected chi connectivity index (χ2v) is 4.16. The molecule has 16 heavy (non-hydrogen) atoms. The smallest absolute Gasteiger partial charge is 0.0596 e. The highest BCUT2D eigenvalue weighted by Gasteiger charge is 2.11. The Morgan fingerprint density at radius 1 is 1.44 bits per heavy atom. The average molecular weight is 219 g/mol. The van der Waals surface area contributed by atoms with Crippen LogP contribution in [0.15, 0.2) is 18.5 Å². The molecule has 5 nitrogen and oxygen atoms in total. The molecule has 0 amide bonds. The highest BCUT2D eigenvalue weighted by molar-refractivity contribution is 5.16. The molecule has 5 heteroatoms. The summed E-state index contributed by atoms with van der Waals surface area (Å²) in [4.78, 5) is 0. The monoisotopic (exact) mass is 219 g/mol. The van der Waals surface area contributed by atoms with E-state index in [1.165, 1.54) is 0 Å². The Hall–Kier alpha value is -1.62. The Bertz CT molecular complexity index is 482. The third-order valence-electron chi connectivity index (χ3n) is 2.68. The molecule has 2 heterocycles.